The van der Waals surface area contributed by atoms with E-state index < -0.39 is 0 Å². The summed E-state index contributed by atoms with van der Waals surface area (Å²) in [7, 11) is 3.95. The number of aromatic nitrogens is 3. The lowest BCUT2D eigenvalue weighted by molar-refractivity contribution is 0.0981. The molecule has 10 heteroatoms. The Bertz CT molecular complexity index is 1370. The van der Waals surface area contributed by atoms with E-state index in [9.17, 15) is 5.11 Å². The zero-order valence-electron chi connectivity index (χ0n) is 24.6. The molecule has 2 atom stereocenters. The summed E-state index contributed by atoms with van der Waals surface area (Å²) in [5, 5.41) is 13.9. The third-order valence-electron chi connectivity index (χ3n) is 9.29. The average Bonchev–Trinajstić information content (AvgIpc) is 3.41. The number of piperazine rings is 1. The van der Waals surface area contributed by atoms with Crippen LogP contribution in [-0.4, -0.2) is 101 Å². The van der Waals surface area contributed by atoms with Crippen LogP contribution in [0.25, 0.3) is 22.2 Å². The maximum atomic E-state index is 10.4. The highest BCUT2D eigenvalue weighted by atomic mass is 16.5. The molecule has 220 valence electrons. The van der Waals surface area contributed by atoms with Crippen LogP contribution in [0.5, 0.6) is 5.75 Å². The molecule has 41 heavy (non-hydrogen) atoms. The van der Waals surface area contributed by atoms with Crippen molar-refractivity contribution in [3.8, 4) is 16.9 Å². The first kappa shape index (κ1) is 27.9. The van der Waals surface area contributed by atoms with Gasteiger partial charge in [-0.3, -0.25) is 4.90 Å². The molecule has 0 amide bonds. The SMILES string of the molecule is CCc1nc2c(N)ncc(-c3ccc(N4CCC(N5CCN(C)CC5)CC4)c(OC)c3)c2nc1NC1CCCC1O. The number of aliphatic hydroxyl groups excluding tert-OH is 1. The number of nitrogens with two attached hydrogens (primary N) is 1. The Morgan fingerprint density at radius 1 is 1.02 bits per heavy atom. The van der Waals surface area contributed by atoms with Crippen molar-refractivity contribution in [3.05, 3.63) is 30.1 Å². The van der Waals surface area contributed by atoms with Crippen LogP contribution in [0.1, 0.15) is 44.7 Å². The maximum Gasteiger partial charge on any atom is 0.151 e. The fourth-order valence-electron chi connectivity index (χ4n) is 6.72. The molecule has 6 rings (SSSR count). The Morgan fingerprint density at radius 3 is 2.49 bits per heavy atom. The number of hydrogen-bond donors (Lipinski definition) is 3. The van der Waals surface area contributed by atoms with E-state index >= 15 is 0 Å². The second-order valence-electron chi connectivity index (χ2n) is 11.8. The number of ether oxygens (including phenoxy) is 1. The number of hydrogen-bond acceptors (Lipinski definition) is 10. The smallest absolute Gasteiger partial charge is 0.151 e. The number of aryl methyl sites for hydroxylation is 1. The predicted octanol–water partition coefficient (Wildman–Crippen LogP) is 3.39. The molecular formula is C31H44N8O2. The summed E-state index contributed by atoms with van der Waals surface area (Å²) < 4.78 is 5.93. The third kappa shape index (κ3) is 5.65. The van der Waals surface area contributed by atoms with Crippen LogP contribution >= 0.6 is 0 Å². The molecule has 1 saturated carbocycles. The first-order valence-electron chi connectivity index (χ1n) is 15.2. The number of anilines is 3. The first-order chi connectivity index (χ1) is 19.9. The van der Waals surface area contributed by atoms with Gasteiger partial charge in [0.15, 0.2) is 5.82 Å². The van der Waals surface area contributed by atoms with Gasteiger partial charge in [0.1, 0.15) is 22.6 Å². The highest BCUT2D eigenvalue weighted by molar-refractivity contribution is 5.97. The highest BCUT2D eigenvalue weighted by Crippen LogP contribution is 2.38. The van der Waals surface area contributed by atoms with Crippen LogP contribution in [0.4, 0.5) is 17.3 Å². The van der Waals surface area contributed by atoms with E-state index in [1.54, 1.807) is 13.3 Å². The molecule has 1 aromatic carbocycles. The molecule has 3 fully saturated rings. The number of pyridine rings is 1. The normalized spacial score (nSPS) is 22.9. The summed E-state index contributed by atoms with van der Waals surface area (Å²) in [6.07, 6.45) is 7.17. The minimum Gasteiger partial charge on any atom is -0.495 e. The van der Waals surface area contributed by atoms with E-state index in [0.29, 0.717) is 35.1 Å². The molecule has 3 aliphatic rings. The second kappa shape index (κ2) is 12.0. The molecule has 1 aliphatic carbocycles. The fourth-order valence-corrected chi connectivity index (χ4v) is 6.72. The summed E-state index contributed by atoms with van der Waals surface area (Å²) in [5.41, 5.74) is 11.4. The number of benzene rings is 1. The van der Waals surface area contributed by atoms with E-state index in [1.807, 2.05) is 0 Å². The van der Waals surface area contributed by atoms with Crippen LogP contribution < -0.4 is 20.7 Å². The molecule has 4 heterocycles. The Morgan fingerprint density at radius 2 is 1.80 bits per heavy atom. The first-order valence-corrected chi connectivity index (χ1v) is 15.2. The molecule has 0 bridgehead atoms. The summed E-state index contributed by atoms with van der Waals surface area (Å²) >= 11 is 0. The number of fused-ring (bicyclic) bond motifs is 1. The Labute approximate surface area is 242 Å². The minimum atomic E-state index is -0.373. The minimum absolute atomic E-state index is 0.0190. The highest BCUT2D eigenvalue weighted by Gasteiger charge is 2.29. The lowest BCUT2D eigenvalue weighted by Crippen LogP contribution is -2.52. The van der Waals surface area contributed by atoms with E-state index in [4.69, 9.17) is 20.4 Å². The van der Waals surface area contributed by atoms with Crippen LogP contribution in [0.3, 0.4) is 0 Å². The number of nitrogen functional groups attached to an aromatic ring is 1. The van der Waals surface area contributed by atoms with Crippen molar-refractivity contribution < 1.29 is 9.84 Å². The van der Waals surface area contributed by atoms with Gasteiger partial charge in [-0.05, 0) is 63.3 Å². The van der Waals surface area contributed by atoms with Gasteiger partial charge in [0, 0.05) is 57.1 Å². The van der Waals surface area contributed by atoms with E-state index in [1.165, 1.54) is 25.9 Å². The van der Waals surface area contributed by atoms with Gasteiger partial charge in [0.25, 0.3) is 0 Å². The van der Waals surface area contributed by atoms with Crippen LogP contribution in [0.2, 0.25) is 0 Å². The Hall–Kier alpha value is -3.21. The quantitative estimate of drug-likeness (QED) is 0.397. The summed E-state index contributed by atoms with van der Waals surface area (Å²) in [5.74, 6) is 1.92. The standard InChI is InChI=1S/C31H44N8O2/c1-4-23-31(35-24-6-5-7-26(24)40)36-28-22(19-33-30(32)29(28)34-23)20-8-9-25(27(18-20)41-3)39-12-10-21(11-13-39)38-16-14-37(2)15-17-38/h8-9,18-19,21,24,26,40H,4-7,10-17H2,1-3H3,(H2,32,33)(H,35,36). The van der Waals surface area contributed by atoms with Crippen LogP contribution in [0.15, 0.2) is 24.4 Å². The molecule has 2 unspecified atom stereocenters. The molecule has 2 aromatic heterocycles. The lowest BCUT2D eigenvalue weighted by atomic mass is 10.00. The largest absolute Gasteiger partial charge is 0.495 e. The predicted molar refractivity (Wildman–Crippen MR) is 165 cm³/mol. The van der Waals surface area contributed by atoms with Gasteiger partial charge in [0.05, 0.1) is 30.6 Å². The van der Waals surface area contributed by atoms with Gasteiger partial charge >= 0.3 is 0 Å². The molecule has 0 spiro atoms. The maximum absolute atomic E-state index is 10.4. The lowest BCUT2D eigenvalue weighted by Gasteiger charge is -2.42. The number of piperidine rings is 1. The van der Waals surface area contributed by atoms with Crippen molar-refractivity contribution in [1.82, 2.24) is 24.8 Å². The van der Waals surface area contributed by atoms with Crippen molar-refractivity contribution in [3.63, 3.8) is 0 Å². The van der Waals surface area contributed by atoms with Crippen molar-refractivity contribution in [1.29, 1.82) is 0 Å². The number of nitrogens with one attached hydrogen (secondary N) is 1. The molecule has 2 aliphatic heterocycles. The molecule has 3 aromatic rings. The van der Waals surface area contributed by atoms with Crippen molar-refractivity contribution >= 4 is 28.4 Å². The Balaban J connectivity index is 1.27. The van der Waals surface area contributed by atoms with E-state index in [0.717, 1.165) is 73.7 Å². The average molecular weight is 561 g/mol. The topological polar surface area (TPSA) is 116 Å². The zero-order chi connectivity index (χ0) is 28.5. The van der Waals surface area contributed by atoms with Gasteiger partial charge in [-0.15, -0.1) is 0 Å². The van der Waals surface area contributed by atoms with Gasteiger partial charge in [-0.2, -0.15) is 0 Å². The number of aliphatic hydroxyl groups is 1. The van der Waals surface area contributed by atoms with Gasteiger partial charge in [-0.1, -0.05) is 13.0 Å². The van der Waals surface area contributed by atoms with Crippen molar-refractivity contribution in [2.45, 2.75) is 63.6 Å². The van der Waals surface area contributed by atoms with Gasteiger partial charge < -0.3 is 30.7 Å². The zero-order valence-corrected chi connectivity index (χ0v) is 24.6. The summed E-state index contributed by atoms with van der Waals surface area (Å²) in [6, 6.07) is 7.01. The summed E-state index contributed by atoms with van der Waals surface area (Å²) in [4.78, 5) is 22.0. The second-order valence-corrected chi connectivity index (χ2v) is 11.8. The fraction of sp³-hybridized carbons (Fsp3) is 0.581. The number of nitrogens with zero attached hydrogens (tertiary/aromatic N) is 6. The molecule has 4 N–H and O–H groups in total. The summed E-state index contributed by atoms with van der Waals surface area (Å²) in [6.45, 7) is 8.76. The van der Waals surface area contributed by atoms with Gasteiger partial charge in [0.2, 0.25) is 0 Å². The number of methoxy groups -OCH3 is 1. The number of rotatable bonds is 7. The molecule has 2 saturated heterocycles. The van der Waals surface area contributed by atoms with Crippen LogP contribution in [-0.2, 0) is 6.42 Å². The van der Waals surface area contributed by atoms with Crippen molar-refractivity contribution in [2.75, 3.05) is 69.4 Å². The van der Waals surface area contributed by atoms with Gasteiger partial charge in [-0.25, -0.2) is 15.0 Å². The molecule has 0 radical (unpaired) electrons. The third-order valence-corrected chi connectivity index (χ3v) is 9.29. The molecule has 10 nitrogen and oxygen atoms in total. The number of likely N-dealkylation sites (N-methyl/N-ethyl adjacent to an activating group) is 1. The Kier molecular flexibility index (Phi) is 8.14. The van der Waals surface area contributed by atoms with Crippen LogP contribution in [0, 0.1) is 0 Å². The van der Waals surface area contributed by atoms with E-state index in [-0.39, 0.29) is 12.1 Å². The monoisotopic (exact) mass is 560 g/mol. The van der Waals surface area contributed by atoms with Crippen molar-refractivity contribution in [2.24, 2.45) is 0 Å². The van der Waals surface area contributed by atoms with E-state index in [2.05, 4.69) is 57.2 Å². The molecular weight excluding hydrogens is 516 g/mol.